The zero-order valence-corrected chi connectivity index (χ0v) is 13.1. The fourth-order valence-electron chi connectivity index (χ4n) is 2.35. The third-order valence-electron chi connectivity index (χ3n) is 3.77. The second-order valence-corrected chi connectivity index (χ2v) is 5.40. The zero-order chi connectivity index (χ0) is 15.2. The molecule has 0 unspecified atom stereocenters. The van der Waals surface area contributed by atoms with E-state index in [2.05, 4.69) is 18.9 Å². The molecular formula is C17H25N3O. The molecule has 4 heteroatoms. The van der Waals surface area contributed by atoms with Crippen molar-refractivity contribution >= 4 is 0 Å². The predicted octanol–water partition coefficient (Wildman–Crippen LogP) is 3.84. The van der Waals surface area contributed by atoms with Gasteiger partial charge in [0.15, 0.2) is 0 Å². The Labute approximate surface area is 126 Å². The number of hydrogen-bond acceptors (Lipinski definition) is 3. The van der Waals surface area contributed by atoms with Crippen LogP contribution in [0.4, 0.5) is 0 Å². The average Bonchev–Trinajstić information content (AvgIpc) is 2.96. The number of hydrogen-bond donors (Lipinski definition) is 1. The molecule has 0 spiro atoms. The lowest BCUT2D eigenvalue weighted by Gasteiger charge is -2.12. The van der Waals surface area contributed by atoms with Crippen LogP contribution in [-0.2, 0) is 6.61 Å². The Morgan fingerprint density at radius 2 is 1.81 bits per heavy atom. The van der Waals surface area contributed by atoms with E-state index in [1.54, 1.807) is 0 Å². The van der Waals surface area contributed by atoms with Crippen molar-refractivity contribution in [2.75, 3.05) is 0 Å². The molecule has 4 nitrogen and oxygen atoms in total. The van der Waals surface area contributed by atoms with Crippen molar-refractivity contribution in [1.29, 1.82) is 0 Å². The molecule has 2 aromatic rings. The van der Waals surface area contributed by atoms with E-state index in [1.807, 2.05) is 48.1 Å². The van der Waals surface area contributed by atoms with Crippen molar-refractivity contribution in [1.82, 2.24) is 9.78 Å². The largest absolute Gasteiger partial charge is 0.487 e. The second kappa shape index (κ2) is 7.27. The molecule has 1 aromatic carbocycles. The minimum absolute atomic E-state index is 0.0507. The lowest BCUT2D eigenvalue weighted by atomic mass is 10.1. The third-order valence-corrected chi connectivity index (χ3v) is 3.77. The monoisotopic (exact) mass is 287 g/mol. The van der Waals surface area contributed by atoms with Crippen LogP contribution < -0.4 is 10.5 Å². The number of nitrogens with two attached hydrogens (primary N) is 1. The number of benzene rings is 1. The van der Waals surface area contributed by atoms with E-state index in [9.17, 15) is 0 Å². The number of nitrogens with zero attached hydrogens (tertiary/aromatic N) is 2. The highest BCUT2D eigenvalue weighted by Crippen LogP contribution is 2.18. The van der Waals surface area contributed by atoms with Gasteiger partial charge in [0.1, 0.15) is 12.4 Å². The van der Waals surface area contributed by atoms with Gasteiger partial charge in [0.05, 0.1) is 11.7 Å². The van der Waals surface area contributed by atoms with Gasteiger partial charge in [0, 0.05) is 12.2 Å². The Morgan fingerprint density at radius 3 is 2.38 bits per heavy atom. The summed E-state index contributed by atoms with van der Waals surface area (Å²) in [6.07, 6.45) is 4.23. The van der Waals surface area contributed by atoms with Crippen molar-refractivity contribution in [3.05, 3.63) is 47.8 Å². The molecule has 0 amide bonds. The van der Waals surface area contributed by atoms with E-state index in [1.165, 1.54) is 0 Å². The van der Waals surface area contributed by atoms with Gasteiger partial charge in [0.2, 0.25) is 0 Å². The van der Waals surface area contributed by atoms with Crippen molar-refractivity contribution in [2.24, 2.45) is 5.73 Å². The van der Waals surface area contributed by atoms with Gasteiger partial charge < -0.3 is 10.5 Å². The lowest BCUT2D eigenvalue weighted by molar-refractivity contribution is 0.297. The molecule has 2 N–H and O–H groups in total. The normalized spacial score (nSPS) is 12.6. The summed E-state index contributed by atoms with van der Waals surface area (Å²) in [5.41, 5.74) is 7.90. The highest BCUT2D eigenvalue weighted by Gasteiger charge is 2.08. The Morgan fingerprint density at radius 1 is 1.14 bits per heavy atom. The van der Waals surface area contributed by atoms with Crippen LogP contribution in [0.25, 0.3) is 0 Å². The van der Waals surface area contributed by atoms with Crippen LogP contribution in [-0.4, -0.2) is 9.78 Å². The minimum Gasteiger partial charge on any atom is -0.487 e. The first-order valence-electron chi connectivity index (χ1n) is 7.66. The highest BCUT2D eigenvalue weighted by molar-refractivity contribution is 5.28. The first kappa shape index (κ1) is 15.6. The van der Waals surface area contributed by atoms with Crippen molar-refractivity contribution in [3.63, 3.8) is 0 Å². The van der Waals surface area contributed by atoms with Crippen LogP contribution in [0.15, 0.2) is 36.5 Å². The first-order chi connectivity index (χ1) is 10.1. The van der Waals surface area contributed by atoms with E-state index in [0.717, 1.165) is 29.8 Å². The molecule has 0 aliphatic heterocycles. The SMILES string of the molecule is CCC(CC)n1ccc(COc2ccc([C@@H](C)N)cc2)n1. The highest BCUT2D eigenvalue weighted by atomic mass is 16.5. The molecule has 0 fully saturated rings. The zero-order valence-electron chi connectivity index (χ0n) is 13.1. The molecule has 1 aromatic heterocycles. The third kappa shape index (κ3) is 4.08. The maximum atomic E-state index is 5.83. The summed E-state index contributed by atoms with van der Waals surface area (Å²) in [5.74, 6) is 0.844. The molecule has 0 bridgehead atoms. The molecule has 21 heavy (non-hydrogen) atoms. The predicted molar refractivity (Wildman–Crippen MR) is 85.2 cm³/mol. The van der Waals surface area contributed by atoms with Crippen molar-refractivity contribution in [2.45, 2.75) is 52.3 Å². The van der Waals surface area contributed by atoms with Crippen LogP contribution in [0, 0.1) is 0 Å². The maximum absolute atomic E-state index is 5.83. The number of ether oxygens (including phenoxy) is 1. The van der Waals surface area contributed by atoms with Crippen molar-refractivity contribution < 1.29 is 4.74 Å². The lowest BCUT2D eigenvalue weighted by Crippen LogP contribution is -2.08. The Kier molecular flexibility index (Phi) is 5.39. The first-order valence-corrected chi connectivity index (χ1v) is 7.66. The topological polar surface area (TPSA) is 53.1 Å². The molecule has 1 atom stereocenters. The molecule has 2 rings (SSSR count). The number of aromatic nitrogens is 2. The quantitative estimate of drug-likeness (QED) is 0.841. The molecule has 114 valence electrons. The molecule has 0 saturated heterocycles. The van der Waals surface area contributed by atoms with Crippen molar-refractivity contribution in [3.8, 4) is 5.75 Å². The van der Waals surface area contributed by atoms with Gasteiger partial charge in [0.25, 0.3) is 0 Å². The van der Waals surface area contributed by atoms with Crippen LogP contribution >= 0.6 is 0 Å². The fourth-order valence-corrected chi connectivity index (χ4v) is 2.35. The Hall–Kier alpha value is -1.81. The van der Waals surface area contributed by atoms with Gasteiger partial charge >= 0.3 is 0 Å². The van der Waals surface area contributed by atoms with Gasteiger partial charge in [-0.1, -0.05) is 26.0 Å². The molecule has 1 heterocycles. The summed E-state index contributed by atoms with van der Waals surface area (Å²) in [6.45, 7) is 6.84. The van der Waals surface area contributed by atoms with E-state index < -0.39 is 0 Å². The molecule has 0 saturated carbocycles. The summed E-state index contributed by atoms with van der Waals surface area (Å²) in [7, 11) is 0. The number of rotatable bonds is 7. The van der Waals surface area contributed by atoms with Gasteiger partial charge in [-0.3, -0.25) is 4.68 Å². The second-order valence-electron chi connectivity index (χ2n) is 5.40. The molecule has 0 aliphatic rings. The fraction of sp³-hybridized carbons (Fsp3) is 0.471. The summed E-state index contributed by atoms with van der Waals surface area (Å²) >= 11 is 0. The van der Waals surface area contributed by atoms with E-state index in [0.29, 0.717) is 12.6 Å². The van der Waals surface area contributed by atoms with E-state index in [4.69, 9.17) is 10.5 Å². The molecule has 0 radical (unpaired) electrons. The standard InChI is InChI=1S/C17H25N3O/c1-4-16(5-2)20-11-10-15(19-20)12-21-17-8-6-14(7-9-17)13(3)18/h6-11,13,16H,4-5,12,18H2,1-3H3/t13-/m1/s1. The Balaban J connectivity index is 1.93. The summed E-state index contributed by atoms with van der Waals surface area (Å²) in [5, 5.41) is 4.58. The van der Waals surface area contributed by atoms with Gasteiger partial charge in [-0.05, 0) is 43.5 Å². The van der Waals surface area contributed by atoms with Crippen LogP contribution in [0.3, 0.4) is 0 Å². The summed E-state index contributed by atoms with van der Waals surface area (Å²) in [4.78, 5) is 0. The summed E-state index contributed by atoms with van der Waals surface area (Å²) in [6, 6.07) is 10.5. The summed E-state index contributed by atoms with van der Waals surface area (Å²) < 4.78 is 7.81. The minimum atomic E-state index is 0.0507. The maximum Gasteiger partial charge on any atom is 0.132 e. The van der Waals surface area contributed by atoms with Gasteiger partial charge in [-0.15, -0.1) is 0 Å². The van der Waals surface area contributed by atoms with Crippen LogP contribution in [0.1, 0.15) is 57.0 Å². The smallest absolute Gasteiger partial charge is 0.132 e. The average molecular weight is 287 g/mol. The van der Waals surface area contributed by atoms with E-state index >= 15 is 0 Å². The van der Waals surface area contributed by atoms with Gasteiger partial charge in [-0.25, -0.2) is 0 Å². The van der Waals surface area contributed by atoms with Gasteiger partial charge in [-0.2, -0.15) is 5.10 Å². The van der Waals surface area contributed by atoms with Crippen LogP contribution in [0.5, 0.6) is 5.75 Å². The molecular weight excluding hydrogens is 262 g/mol. The molecule has 0 aliphatic carbocycles. The Bertz CT molecular complexity index is 541. The van der Waals surface area contributed by atoms with Crippen LogP contribution in [0.2, 0.25) is 0 Å². The van der Waals surface area contributed by atoms with E-state index in [-0.39, 0.29) is 6.04 Å².